The predicted octanol–water partition coefficient (Wildman–Crippen LogP) is 6.56. The quantitative estimate of drug-likeness (QED) is 0.481. The fourth-order valence-electron chi connectivity index (χ4n) is 4.33. The van der Waals surface area contributed by atoms with Gasteiger partial charge < -0.3 is 0 Å². The van der Waals surface area contributed by atoms with E-state index in [2.05, 4.69) is 0 Å². The zero-order valence-electron chi connectivity index (χ0n) is 16.9. The maximum absolute atomic E-state index is 13.5. The minimum Gasteiger partial charge on any atom is -0.223 e. The van der Waals surface area contributed by atoms with Gasteiger partial charge in [-0.25, -0.2) is 8.42 Å². The van der Waals surface area contributed by atoms with E-state index in [-0.39, 0.29) is 36.1 Å². The van der Waals surface area contributed by atoms with E-state index in [0.717, 1.165) is 24.3 Å². The largest absolute Gasteiger partial charge is 0.406 e. The van der Waals surface area contributed by atoms with Crippen molar-refractivity contribution in [3.8, 4) is 0 Å². The molecule has 0 heterocycles. The minimum absolute atomic E-state index is 0.0359. The van der Waals surface area contributed by atoms with Crippen molar-refractivity contribution in [3.05, 3.63) is 65.7 Å². The third-order valence-corrected chi connectivity index (χ3v) is 8.94. The number of benzene rings is 2. The molecule has 2 atom stereocenters. The van der Waals surface area contributed by atoms with E-state index >= 15 is 0 Å². The summed E-state index contributed by atoms with van der Waals surface area (Å²) in [6, 6.07) is 11.4. The van der Waals surface area contributed by atoms with Gasteiger partial charge in [-0.15, -0.1) is 0 Å². The summed E-state index contributed by atoms with van der Waals surface area (Å²) in [5, 5.41) is 0. The molecule has 0 aromatic heterocycles. The molecule has 31 heavy (non-hydrogen) atoms. The molecule has 2 unspecified atom stereocenters. The molecule has 2 aromatic rings. The second-order valence-electron chi connectivity index (χ2n) is 8.36. The van der Waals surface area contributed by atoms with Crippen molar-refractivity contribution in [2.45, 2.75) is 60.5 Å². The Morgan fingerprint density at radius 1 is 0.871 bits per heavy atom. The van der Waals surface area contributed by atoms with Gasteiger partial charge in [-0.3, -0.25) is 0 Å². The fourth-order valence-corrected chi connectivity index (χ4v) is 6.63. The van der Waals surface area contributed by atoms with Crippen LogP contribution in [0.2, 0.25) is 0 Å². The minimum atomic E-state index is -5.57. The highest BCUT2D eigenvalue weighted by atomic mass is 32.2. The number of rotatable bonds is 4. The first kappa shape index (κ1) is 23.6. The normalized spacial score (nSPS) is 23.2. The molecule has 0 spiro atoms. The third kappa shape index (κ3) is 3.64. The molecule has 0 saturated heterocycles. The van der Waals surface area contributed by atoms with Crippen LogP contribution >= 0.6 is 0 Å². The van der Waals surface area contributed by atoms with E-state index in [1.807, 2.05) is 6.92 Å². The van der Waals surface area contributed by atoms with Gasteiger partial charge in [0, 0.05) is 0 Å². The van der Waals surface area contributed by atoms with Gasteiger partial charge >= 0.3 is 12.4 Å². The molecular formula is C22H22F6O2S. The van der Waals surface area contributed by atoms with Crippen molar-refractivity contribution < 1.29 is 34.8 Å². The van der Waals surface area contributed by atoms with Crippen LogP contribution in [0.5, 0.6) is 0 Å². The van der Waals surface area contributed by atoms with Gasteiger partial charge in [-0.05, 0) is 55.4 Å². The summed E-state index contributed by atoms with van der Waals surface area (Å²) < 4.78 is 106. The average Bonchev–Trinajstić information content (AvgIpc) is 3.10. The zero-order valence-corrected chi connectivity index (χ0v) is 17.7. The first-order valence-electron chi connectivity index (χ1n) is 9.71. The maximum atomic E-state index is 13.5. The standard InChI is InChI=1S/C22H22F6O2S/c1-15-12-13-20(14-15,31(29,30)18-6-4-3-5-7-18)17-10-8-16(9-11-17)19(2,21(23,24)25)22(26,27)28/h3-11,15H,12-14H2,1-2H3. The molecular weight excluding hydrogens is 442 g/mol. The third-order valence-electron chi connectivity index (χ3n) is 6.41. The average molecular weight is 464 g/mol. The van der Waals surface area contributed by atoms with E-state index < -0.39 is 37.9 Å². The van der Waals surface area contributed by atoms with Crippen molar-refractivity contribution in [2.75, 3.05) is 0 Å². The highest BCUT2D eigenvalue weighted by Gasteiger charge is 2.68. The summed E-state index contributed by atoms with van der Waals surface area (Å²) in [5.74, 6) is 0.0359. The van der Waals surface area contributed by atoms with Crippen molar-refractivity contribution in [3.63, 3.8) is 0 Å². The molecule has 9 heteroatoms. The summed E-state index contributed by atoms with van der Waals surface area (Å²) in [6.45, 7) is 1.97. The van der Waals surface area contributed by atoms with E-state index in [1.54, 1.807) is 18.2 Å². The highest BCUT2D eigenvalue weighted by Crippen LogP contribution is 2.54. The number of halogens is 6. The molecule has 0 amide bonds. The monoisotopic (exact) mass is 464 g/mol. The predicted molar refractivity (Wildman–Crippen MR) is 104 cm³/mol. The molecule has 1 aliphatic rings. The first-order valence-corrected chi connectivity index (χ1v) is 11.2. The lowest BCUT2D eigenvalue weighted by molar-refractivity contribution is -0.297. The summed E-state index contributed by atoms with van der Waals surface area (Å²) >= 11 is 0. The topological polar surface area (TPSA) is 34.1 Å². The number of alkyl halides is 6. The SMILES string of the molecule is CC1CCC(c2ccc(C(C)(C(F)(F)F)C(F)(F)F)cc2)(S(=O)(=O)c2ccccc2)C1. The van der Waals surface area contributed by atoms with Crippen LogP contribution in [0, 0.1) is 5.92 Å². The van der Waals surface area contributed by atoms with Crippen LogP contribution in [0.25, 0.3) is 0 Å². The summed E-state index contributed by atoms with van der Waals surface area (Å²) in [5.41, 5.74) is -4.84. The Bertz CT molecular complexity index is 1010. The molecule has 1 fully saturated rings. The van der Waals surface area contributed by atoms with Crippen LogP contribution in [0.1, 0.15) is 44.2 Å². The Morgan fingerprint density at radius 2 is 1.39 bits per heavy atom. The summed E-state index contributed by atoms with van der Waals surface area (Å²) in [6.07, 6.45) is -10.1. The summed E-state index contributed by atoms with van der Waals surface area (Å²) in [7, 11) is -3.94. The van der Waals surface area contributed by atoms with Crippen LogP contribution in [0.3, 0.4) is 0 Å². The molecule has 0 N–H and O–H groups in total. The molecule has 0 radical (unpaired) electrons. The van der Waals surface area contributed by atoms with Crippen LogP contribution in [-0.4, -0.2) is 20.8 Å². The van der Waals surface area contributed by atoms with Crippen LogP contribution in [0.4, 0.5) is 26.3 Å². The van der Waals surface area contributed by atoms with Crippen LogP contribution in [0.15, 0.2) is 59.5 Å². The van der Waals surface area contributed by atoms with Gasteiger partial charge in [0.05, 0.1) is 4.90 Å². The van der Waals surface area contributed by atoms with Crippen molar-refractivity contribution in [1.29, 1.82) is 0 Å². The van der Waals surface area contributed by atoms with Crippen molar-refractivity contribution in [1.82, 2.24) is 0 Å². The molecule has 0 aliphatic heterocycles. The lowest BCUT2D eigenvalue weighted by Crippen LogP contribution is -2.51. The highest BCUT2D eigenvalue weighted by molar-refractivity contribution is 7.92. The Labute approximate surface area is 177 Å². The molecule has 170 valence electrons. The lowest BCUT2D eigenvalue weighted by atomic mass is 9.80. The lowest BCUT2D eigenvalue weighted by Gasteiger charge is -2.35. The van der Waals surface area contributed by atoms with Crippen LogP contribution < -0.4 is 0 Å². The number of sulfone groups is 1. The zero-order chi connectivity index (χ0) is 23.3. The van der Waals surface area contributed by atoms with Crippen molar-refractivity contribution in [2.24, 2.45) is 5.92 Å². The molecule has 3 rings (SSSR count). The number of hydrogen-bond acceptors (Lipinski definition) is 2. The molecule has 0 bridgehead atoms. The van der Waals surface area contributed by atoms with Gasteiger partial charge in [0.15, 0.2) is 15.3 Å². The Kier molecular flexibility index (Phi) is 5.74. The molecule has 1 saturated carbocycles. The van der Waals surface area contributed by atoms with Gasteiger partial charge in [-0.2, -0.15) is 26.3 Å². The fraction of sp³-hybridized carbons (Fsp3) is 0.455. The number of hydrogen-bond donors (Lipinski definition) is 0. The van der Waals surface area contributed by atoms with Gasteiger partial charge in [0.2, 0.25) is 0 Å². The van der Waals surface area contributed by atoms with Gasteiger partial charge in [0.25, 0.3) is 0 Å². The van der Waals surface area contributed by atoms with Crippen LogP contribution in [-0.2, 0) is 20.0 Å². The van der Waals surface area contributed by atoms with Crippen molar-refractivity contribution >= 4 is 9.84 Å². The van der Waals surface area contributed by atoms with E-state index in [0.29, 0.717) is 6.42 Å². The molecule has 1 aliphatic carbocycles. The summed E-state index contributed by atoms with van der Waals surface area (Å²) in [4.78, 5) is 0.0728. The molecule has 2 aromatic carbocycles. The van der Waals surface area contributed by atoms with Gasteiger partial charge in [-0.1, -0.05) is 49.4 Å². The molecule has 2 nitrogen and oxygen atoms in total. The van der Waals surface area contributed by atoms with E-state index in [4.69, 9.17) is 0 Å². The Balaban J connectivity index is 2.15. The van der Waals surface area contributed by atoms with Gasteiger partial charge in [0.1, 0.15) is 4.75 Å². The smallest absolute Gasteiger partial charge is 0.223 e. The van der Waals surface area contributed by atoms with E-state index in [1.165, 1.54) is 12.1 Å². The second-order valence-corrected chi connectivity index (χ2v) is 10.6. The second kappa shape index (κ2) is 7.53. The first-order chi connectivity index (χ1) is 14.2. The maximum Gasteiger partial charge on any atom is 0.406 e. The Morgan fingerprint density at radius 3 is 1.81 bits per heavy atom. The Hall–Kier alpha value is -2.03. The van der Waals surface area contributed by atoms with E-state index in [9.17, 15) is 34.8 Å².